The fourth-order valence-corrected chi connectivity index (χ4v) is 13.8. The van der Waals surface area contributed by atoms with E-state index in [4.69, 9.17) is 14.2 Å². The van der Waals surface area contributed by atoms with Gasteiger partial charge in [0.05, 0.1) is 25.3 Å². The summed E-state index contributed by atoms with van der Waals surface area (Å²) in [6.45, 7) is 11.4. The number of aryl methyl sites for hydroxylation is 2. The molecule has 0 aliphatic carbocycles. The molecule has 0 saturated heterocycles. The minimum atomic E-state index is -0.795. The normalized spacial score (nSPS) is 17.9. The van der Waals surface area contributed by atoms with Gasteiger partial charge in [0.15, 0.2) is 17.3 Å². The maximum absolute atomic E-state index is 14.2. The van der Waals surface area contributed by atoms with Gasteiger partial charge in [-0.3, -0.25) is 28.8 Å². The first-order chi connectivity index (χ1) is 37.9. The lowest BCUT2D eigenvalue weighted by Crippen LogP contribution is -2.43. The molecule has 16 heteroatoms. The van der Waals surface area contributed by atoms with Crippen LogP contribution < -0.4 is 34.6 Å². The zero-order chi connectivity index (χ0) is 56.1. The molecular formula is C63H72N4O10S2. The zero-order valence-electron chi connectivity index (χ0n) is 46.3. The van der Waals surface area contributed by atoms with E-state index >= 15 is 0 Å². The van der Waals surface area contributed by atoms with Crippen LogP contribution in [0.3, 0.4) is 0 Å². The van der Waals surface area contributed by atoms with Gasteiger partial charge in [-0.2, -0.15) is 0 Å². The number of carbonyl (C=O) groups is 6. The highest BCUT2D eigenvalue weighted by molar-refractivity contribution is 8.77. The minimum absolute atomic E-state index is 0.0548. The Bertz CT molecular complexity index is 3160. The van der Waals surface area contributed by atoms with Gasteiger partial charge in [0.25, 0.3) is 11.8 Å². The summed E-state index contributed by atoms with van der Waals surface area (Å²) in [7, 11) is 4.95. The molecule has 0 bridgehead atoms. The van der Waals surface area contributed by atoms with E-state index in [1.165, 1.54) is 5.56 Å². The minimum Gasteiger partial charge on any atom is -0.493 e. The van der Waals surface area contributed by atoms with Gasteiger partial charge in [0.1, 0.15) is 24.7 Å². The monoisotopic (exact) mass is 1110 g/mol. The van der Waals surface area contributed by atoms with Crippen molar-refractivity contribution in [1.82, 2.24) is 5.32 Å². The number of para-hydroxylation sites is 2. The van der Waals surface area contributed by atoms with Crippen molar-refractivity contribution in [3.8, 4) is 17.2 Å². The van der Waals surface area contributed by atoms with Gasteiger partial charge in [0, 0.05) is 82.8 Å². The fraction of sp³-hybridized carbons (Fsp3) is 0.429. The Morgan fingerprint density at radius 3 is 2.13 bits per heavy atom. The van der Waals surface area contributed by atoms with Crippen LogP contribution in [-0.2, 0) is 58.1 Å². The van der Waals surface area contributed by atoms with Gasteiger partial charge in [-0.05, 0) is 160 Å². The van der Waals surface area contributed by atoms with Gasteiger partial charge >= 0.3 is 0 Å². The van der Waals surface area contributed by atoms with Crippen LogP contribution in [0.4, 0.5) is 17.1 Å². The van der Waals surface area contributed by atoms with Gasteiger partial charge in [-0.25, -0.2) is 0 Å². The van der Waals surface area contributed by atoms with Gasteiger partial charge in [0.2, 0.25) is 11.8 Å². The summed E-state index contributed by atoms with van der Waals surface area (Å²) in [5, 5.41) is 17.4. The number of ether oxygens (including phenoxy) is 3. The van der Waals surface area contributed by atoms with Crippen molar-refractivity contribution < 1.29 is 48.1 Å². The SMILES string of the molecule is CCC(=O)CCCSSC(C)(C)CCC(=O)N[C@@H](C)C(=O)C[C@@H](C)C(=O)Nc1cc(COc2cc3c(cc2C)C(=O)N2c4ccccc4C[C@H]2C(O)C3)cc(COc2cc3c(cc2OC)C(=O)N2c4ccccc4C[C@H]2CC3)c1. The number of hydrogen-bond acceptors (Lipinski definition) is 12. The highest BCUT2D eigenvalue weighted by Crippen LogP contribution is 2.43. The predicted molar refractivity (Wildman–Crippen MR) is 312 cm³/mol. The summed E-state index contributed by atoms with van der Waals surface area (Å²) in [6, 6.07) is 27.6. The van der Waals surface area contributed by atoms with Crippen molar-refractivity contribution in [3.05, 3.63) is 141 Å². The van der Waals surface area contributed by atoms with Crippen molar-refractivity contribution in [2.75, 3.05) is 28.0 Å². The number of Topliss-reactive ketones (excluding diaryl/α,β-unsaturated/α-hetero) is 2. The lowest BCUT2D eigenvalue weighted by molar-refractivity contribution is -0.129. The third-order valence-electron chi connectivity index (χ3n) is 15.6. The second-order valence-electron chi connectivity index (χ2n) is 22.1. The summed E-state index contributed by atoms with van der Waals surface area (Å²) < 4.78 is 18.7. The van der Waals surface area contributed by atoms with Crippen LogP contribution in [0.5, 0.6) is 17.2 Å². The number of amides is 4. The molecule has 5 aromatic carbocycles. The summed E-state index contributed by atoms with van der Waals surface area (Å²) >= 11 is 0. The maximum Gasteiger partial charge on any atom is 0.258 e. The number of rotatable bonds is 23. The van der Waals surface area contributed by atoms with Crippen LogP contribution in [0.2, 0.25) is 0 Å². The quantitative estimate of drug-likeness (QED) is 0.0417. The Balaban J connectivity index is 0.888. The van der Waals surface area contributed by atoms with Crippen molar-refractivity contribution in [2.24, 2.45) is 5.92 Å². The number of nitrogens with zero attached hydrogens (tertiary/aromatic N) is 2. The van der Waals surface area contributed by atoms with E-state index in [9.17, 15) is 33.9 Å². The van der Waals surface area contributed by atoms with Gasteiger partial charge < -0.3 is 39.8 Å². The van der Waals surface area contributed by atoms with E-state index in [-0.39, 0.29) is 84.5 Å². The Labute approximate surface area is 471 Å². The molecule has 0 fully saturated rings. The highest BCUT2D eigenvalue weighted by Gasteiger charge is 2.42. The number of nitrogens with one attached hydrogen (secondary N) is 2. The molecule has 79 heavy (non-hydrogen) atoms. The molecule has 1 unspecified atom stereocenters. The molecule has 9 rings (SSSR count). The van der Waals surface area contributed by atoms with Gasteiger partial charge in [-0.1, -0.05) is 71.8 Å². The average Bonchev–Trinajstić information content (AvgIpc) is 4.04. The molecule has 0 radical (unpaired) electrons. The fourth-order valence-electron chi connectivity index (χ4n) is 11.1. The van der Waals surface area contributed by atoms with E-state index in [2.05, 4.69) is 30.5 Å². The molecule has 0 aromatic heterocycles. The molecule has 4 aliphatic heterocycles. The molecule has 0 spiro atoms. The number of carbonyl (C=O) groups excluding carboxylic acids is 6. The first-order valence-corrected chi connectivity index (χ1v) is 29.9. The Kier molecular flexibility index (Phi) is 17.9. The smallest absolute Gasteiger partial charge is 0.258 e. The van der Waals surface area contributed by atoms with E-state index in [0.717, 1.165) is 53.1 Å². The summed E-state index contributed by atoms with van der Waals surface area (Å²) in [5.41, 5.74) is 9.23. The zero-order valence-corrected chi connectivity index (χ0v) is 47.9. The average molecular weight is 1110 g/mol. The lowest BCUT2D eigenvalue weighted by Gasteiger charge is -2.26. The van der Waals surface area contributed by atoms with E-state index in [1.54, 1.807) is 65.6 Å². The largest absolute Gasteiger partial charge is 0.493 e. The summed E-state index contributed by atoms with van der Waals surface area (Å²) in [5.74, 6) is 0.687. The lowest BCUT2D eigenvalue weighted by atomic mass is 9.96. The topological polar surface area (TPSA) is 181 Å². The molecule has 5 atom stereocenters. The Morgan fingerprint density at radius 1 is 0.772 bits per heavy atom. The van der Waals surface area contributed by atoms with Crippen LogP contribution in [-0.4, -0.2) is 82.1 Å². The van der Waals surface area contributed by atoms with Crippen LogP contribution in [0, 0.1) is 12.8 Å². The van der Waals surface area contributed by atoms with Crippen LogP contribution in [0.1, 0.15) is 139 Å². The number of ketones is 2. The van der Waals surface area contributed by atoms with E-state index in [1.807, 2.05) is 85.5 Å². The molecule has 4 aliphatic rings. The van der Waals surface area contributed by atoms with E-state index in [0.29, 0.717) is 82.9 Å². The maximum atomic E-state index is 14.2. The number of aliphatic hydroxyl groups excluding tert-OH is 1. The second kappa shape index (κ2) is 24.8. The number of aliphatic hydroxyl groups is 1. The standard InChI is InChI=1S/C63H72N4O10S2/c1-8-48(68)16-13-23-78-79-63(5,6)22-21-59(71)64-39(4)54(69)25-38(3)60(72)65-46-27-40(35-76-56-33-45-31-55(70)53-30-44-15-10-12-18-52(44)67(53)62(74)49(45)24-37(56)2)26-41(28-46)36-77-58-32-42-19-20-47-29-43-14-9-11-17-51(43)66(47)61(73)50(42)34-57(58)75-7/h9-12,14-15,17-18,24,26-28,32-34,38-39,47,53,55,70H,8,13,16,19-23,25,29-31,35-36H2,1-7H3,(H,64,71)(H,65,72)/t38-,39+,47-,53+,55?/m1/s1. The van der Waals surface area contributed by atoms with Crippen LogP contribution in [0.15, 0.2) is 91.0 Å². The predicted octanol–water partition coefficient (Wildman–Crippen LogP) is 10.9. The van der Waals surface area contributed by atoms with Crippen LogP contribution >= 0.6 is 21.6 Å². The third kappa shape index (κ3) is 13.2. The van der Waals surface area contributed by atoms with Crippen molar-refractivity contribution in [2.45, 2.75) is 154 Å². The first-order valence-electron chi connectivity index (χ1n) is 27.6. The number of hydrogen-bond donors (Lipinski definition) is 3. The van der Waals surface area contributed by atoms with Crippen molar-refractivity contribution in [3.63, 3.8) is 0 Å². The molecule has 0 saturated carbocycles. The summed E-state index contributed by atoms with van der Waals surface area (Å²) in [6.07, 6.45) is 5.04. The Hall–Kier alpha value is -6.62. The summed E-state index contributed by atoms with van der Waals surface area (Å²) in [4.78, 5) is 84.1. The molecule has 4 amide bonds. The number of anilines is 3. The van der Waals surface area contributed by atoms with E-state index < -0.39 is 18.1 Å². The molecular weight excluding hydrogens is 1040 g/mol. The van der Waals surface area contributed by atoms with Crippen LogP contribution in [0.25, 0.3) is 0 Å². The van der Waals surface area contributed by atoms with Gasteiger partial charge in [-0.15, -0.1) is 0 Å². The number of methoxy groups -OCH3 is 1. The molecule has 5 aromatic rings. The molecule has 4 heterocycles. The van der Waals surface area contributed by atoms with Crippen molar-refractivity contribution >= 4 is 73.8 Å². The highest BCUT2D eigenvalue weighted by atomic mass is 33.1. The number of fused-ring (bicyclic) bond motifs is 8. The number of benzene rings is 5. The Morgan fingerprint density at radius 2 is 1.42 bits per heavy atom. The molecule has 3 N–H and O–H groups in total. The second-order valence-corrected chi connectivity index (χ2v) is 25.2. The third-order valence-corrected chi connectivity index (χ3v) is 19.1. The molecule has 14 nitrogen and oxygen atoms in total. The molecule has 416 valence electrons. The first kappa shape index (κ1) is 57.1. The van der Waals surface area contributed by atoms with Crippen molar-refractivity contribution in [1.29, 1.82) is 0 Å².